The molecule has 1 aromatic rings. The van der Waals surface area contributed by atoms with Crippen molar-refractivity contribution in [1.82, 2.24) is 4.90 Å². The van der Waals surface area contributed by atoms with Crippen molar-refractivity contribution in [2.24, 2.45) is 17.1 Å². The summed E-state index contributed by atoms with van der Waals surface area (Å²) >= 11 is 6.23. The number of allylic oxidation sites excluding steroid dienone is 2. The van der Waals surface area contributed by atoms with Crippen molar-refractivity contribution in [1.29, 1.82) is 15.8 Å². The topological polar surface area (TPSA) is 101 Å². The van der Waals surface area contributed by atoms with E-state index >= 15 is 0 Å². The quantitative estimate of drug-likeness (QED) is 0.812. The number of rotatable bonds is 1. The summed E-state index contributed by atoms with van der Waals surface area (Å²) in [5.74, 6) is -0.644. The van der Waals surface area contributed by atoms with Gasteiger partial charge >= 0.3 is 0 Å². The van der Waals surface area contributed by atoms with E-state index in [4.69, 9.17) is 17.3 Å². The lowest BCUT2D eigenvalue weighted by Crippen LogP contribution is -2.51. The van der Waals surface area contributed by atoms with Crippen LogP contribution >= 0.6 is 11.6 Å². The molecule has 0 saturated carbocycles. The van der Waals surface area contributed by atoms with Crippen LogP contribution in [0.3, 0.4) is 0 Å². The van der Waals surface area contributed by atoms with Crippen LogP contribution in [0, 0.1) is 45.3 Å². The van der Waals surface area contributed by atoms with Crippen LogP contribution < -0.4 is 5.73 Å². The standard InChI is InChI=1S/C21H18ClN5/c1-27-14-5-6-17(27)18-15(8-14)16(9-23)20(26)21(10-24,11-25)19(18)12-3-2-4-13(22)7-12/h2-4,7-8,14,17-19H,5-6,26H2,1H3/t14?,17-,18+,19-/m0/s1. The molecule has 27 heavy (non-hydrogen) atoms. The molecule has 1 aromatic carbocycles. The van der Waals surface area contributed by atoms with Crippen molar-refractivity contribution in [3.63, 3.8) is 0 Å². The van der Waals surface area contributed by atoms with Crippen molar-refractivity contribution in [2.75, 3.05) is 7.05 Å². The molecule has 1 saturated heterocycles. The molecule has 0 aromatic heterocycles. The fourth-order valence-electron chi connectivity index (χ4n) is 5.16. The lowest BCUT2D eigenvalue weighted by Gasteiger charge is -2.48. The van der Waals surface area contributed by atoms with E-state index in [2.05, 4.69) is 36.2 Å². The van der Waals surface area contributed by atoms with Crippen molar-refractivity contribution >= 4 is 11.6 Å². The molecule has 2 heterocycles. The van der Waals surface area contributed by atoms with E-state index in [9.17, 15) is 15.8 Å². The Hall–Kier alpha value is -2.78. The van der Waals surface area contributed by atoms with Gasteiger partial charge in [0, 0.05) is 28.9 Å². The third kappa shape index (κ3) is 2.25. The number of benzene rings is 1. The van der Waals surface area contributed by atoms with Gasteiger partial charge in [0.25, 0.3) is 0 Å². The summed E-state index contributed by atoms with van der Waals surface area (Å²) in [6.07, 6.45) is 4.05. The first-order valence-electron chi connectivity index (χ1n) is 8.90. The highest BCUT2D eigenvalue weighted by atomic mass is 35.5. The van der Waals surface area contributed by atoms with E-state index < -0.39 is 11.3 Å². The van der Waals surface area contributed by atoms with E-state index in [-0.39, 0.29) is 23.7 Å². The zero-order chi connectivity index (χ0) is 19.3. The first-order chi connectivity index (χ1) is 13.0. The maximum atomic E-state index is 10.1. The molecule has 2 bridgehead atoms. The Balaban J connectivity index is 2.06. The Bertz CT molecular complexity index is 989. The lowest BCUT2D eigenvalue weighted by atomic mass is 9.56. The maximum Gasteiger partial charge on any atom is 0.191 e. The number of nitrogens with zero attached hydrogens (tertiary/aromatic N) is 4. The van der Waals surface area contributed by atoms with E-state index in [1.54, 1.807) is 12.1 Å². The molecule has 5 nitrogen and oxygen atoms in total. The van der Waals surface area contributed by atoms with Gasteiger partial charge in [-0.15, -0.1) is 0 Å². The predicted molar refractivity (Wildman–Crippen MR) is 101 cm³/mol. The summed E-state index contributed by atoms with van der Waals surface area (Å²) in [6.45, 7) is 0. The van der Waals surface area contributed by atoms with Gasteiger partial charge in [-0.2, -0.15) is 15.8 Å². The number of halogens is 1. The Kier molecular flexibility index (Phi) is 4.01. The van der Waals surface area contributed by atoms with Crippen molar-refractivity contribution in [2.45, 2.75) is 30.8 Å². The number of nitriles is 3. The molecule has 0 amide bonds. The highest BCUT2D eigenvalue weighted by molar-refractivity contribution is 6.30. The summed E-state index contributed by atoms with van der Waals surface area (Å²) in [5.41, 5.74) is 6.78. The molecular formula is C21H18ClN5. The van der Waals surface area contributed by atoms with Crippen LogP contribution in [0.15, 0.2) is 47.2 Å². The maximum absolute atomic E-state index is 10.1. The average molecular weight is 376 g/mol. The molecule has 3 aliphatic rings. The Morgan fingerprint density at radius 2 is 1.96 bits per heavy atom. The smallest absolute Gasteiger partial charge is 0.191 e. The Morgan fingerprint density at radius 3 is 2.59 bits per heavy atom. The van der Waals surface area contributed by atoms with Gasteiger partial charge in [0.15, 0.2) is 5.41 Å². The van der Waals surface area contributed by atoms with E-state index in [0.29, 0.717) is 10.6 Å². The summed E-state index contributed by atoms with van der Waals surface area (Å²) < 4.78 is 0. The van der Waals surface area contributed by atoms with Crippen molar-refractivity contribution in [3.05, 3.63) is 57.8 Å². The molecule has 4 atom stereocenters. The second-order valence-electron chi connectivity index (χ2n) is 7.49. The van der Waals surface area contributed by atoms with E-state index in [1.165, 1.54) is 0 Å². The highest BCUT2D eigenvalue weighted by Gasteiger charge is 2.58. The van der Waals surface area contributed by atoms with Gasteiger partial charge < -0.3 is 5.73 Å². The zero-order valence-electron chi connectivity index (χ0n) is 14.9. The van der Waals surface area contributed by atoms with Gasteiger partial charge in [-0.25, -0.2) is 0 Å². The van der Waals surface area contributed by atoms with Crippen LogP contribution in [-0.2, 0) is 0 Å². The SMILES string of the molecule is CN1C2C=C3C(C#N)=C(N)C(C#N)(C#N)[C@@H](c4cccc(Cl)c4)[C@H]3[C@@H]1CC2. The number of likely N-dealkylation sites (N-methyl/N-ethyl adjacent to an activating group) is 1. The predicted octanol–water partition coefficient (Wildman–Crippen LogP) is 3.23. The van der Waals surface area contributed by atoms with Gasteiger partial charge in [0.05, 0.1) is 23.4 Å². The lowest BCUT2D eigenvalue weighted by molar-refractivity contribution is 0.160. The molecule has 2 aliphatic heterocycles. The van der Waals surface area contributed by atoms with Gasteiger partial charge in [-0.05, 0) is 43.2 Å². The third-order valence-electron chi connectivity index (χ3n) is 6.43. The Morgan fingerprint density at radius 1 is 1.22 bits per heavy atom. The molecule has 0 spiro atoms. The van der Waals surface area contributed by atoms with E-state index in [0.717, 1.165) is 24.0 Å². The molecule has 1 fully saturated rings. The van der Waals surface area contributed by atoms with Crippen LogP contribution in [0.5, 0.6) is 0 Å². The molecule has 2 N–H and O–H groups in total. The number of hydrogen-bond acceptors (Lipinski definition) is 5. The van der Waals surface area contributed by atoms with Crippen molar-refractivity contribution in [3.8, 4) is 18.2 Å². The molecule has 1 unspecified atom stereocenters. The zero-order valence-corrected chi connectivity index (χ0v) is 15.6. The number of nitrogens with two attached hydrogens (primary N) is 1. The van der Waals surface area contributed by atoms with Crippen LogP contribution in [-0.4, -0.2) is 24.0 Å². The first kappa shape index (κ1) is 17.6. The fraction of sp³-hybridized carbons (Fsp3) is 0.381. The first-order valence-corrected chi connectivity index (χ1v) is 9.28. The minimum atomic E-state index is -1.60. The third-order valence-corrected chi connectivity index (χ3v) is 6.67. The molecule has 134 valence electrons. The van der Waals surface area contributed by atoms with E-state index in [1.807, 2.05) is 12.1 Å². The van der Waals surface area contributed by atoms with Crippen molar-refractivity contribution < 1.29 is 0 Å². The summed E-state index contributed by atoms with van der Waals surface area (Å²) in [5, 5.41) is 30.5. The second-order valence-corrected chi connectivity index (χ2v) is 7.93. The number of hydrogen-bond donors (Lipinski definition) is 1. The molecule has 0 radical (unpaired) electrons. The van der Waals surface area contributed by atoms with Gasteiger partial charge in [0.1, 0.15) is 6.07 Å². The van der Waals surface area contributed by atoms with Crippen LogP contribution in [0.25, 0.3) is 0 Å². The van der Waals surface area contributed by atoms with Crippen LogP contribution in [0.4, 0.5) is 0 Å². The normalized spacial score (nSPS) is 31.3. The summed E-state index contributed by atoms with van der Waals surface area (Å²) in [6, 6.07) is 14.2. The van der Waals surface area contributed by atoms with Gasteiger partial charge in [0.2, 0.25) is 0 Å². The minimum Gasteiger partial charge on any atom is -0.399 e. The fourth-order valence-corrected chi connectivity index (χ4v) is 5.36. The monoisotopic (exact) mass is 375 g/mol. The largest absolute Gasteiger partial charge is 0.399 e. The molecule has 1 aliphatic carbocycles. The Labute approximate surface area is 163 Å². The summed E-state index contributed by atoms with van der Waals surface area (Å²) in [7, 11) is 2.07. The van der Waals surface area contributed by atoms with Crippen LogP contribution in [0.2, 0.25) is 5.02 Å². The second kappa shape index (κ2) is 6.14. The average Bonchev–Trinajstić information content (AvgIpc) is 2.90. The molecule has 4 rings (SSSR count). The van der Waals surface area contributed by atoms with Gasteiger partial charge in [-0.3, -0.25) is 4.90 Å². The van der Waals surface area contributed by atoms with Crippen LogP contribution in [0.1, 0.15) is 24.3 Å². The summed E-state index contributed by atoms with van der Waals surface area (Å²) in [4.78, 5) is 2.29. The number of fused-ring (bicyclic) bond motifs is 4. The minimum absolute atomic E-state index is 0.0615. The molecule has 6 heteroatoms. The molecular weight excluding hydrogens is 358 g/mol. The van der Waals surface area contributed by atoms with Gasteiger partial charge in [-0.1, -0.05) is 29.8 Å². The highest BCUT2D eigenvalue weighted by Crippen LogP contribution is 2.58.